The van der Waals surface area contributed by atoms with Crippen LogP contribution in [-0.2, 0) is 0 Å². The molecule has 1 saturated heterocycles. The number of anilines is 1. The molecular weight excluding hydrogens is 336 g/mol. The lowest BCUT2D eigenvalue weighted by atomic mass is 10.2. The number of hydrogen-bond acceptors (Lipinski definition) is 5. The van der Waals surface area contributed by atoms with E-state index in [1.807, 2.05) is 30.5 Å². The molecule has 1 aliphatic rings. The minimum Gasteiger partial charge on any atom is -0.368 e. The summed E-state index contributed by atoms with van der Waals surface area (Å²) in [5.41, 5.74) is 1.67. The third-order valence-corrected chi connectivity index (χ3v) is 5.06. The molecule has 0 bridgehead atoms. The van der Waals surface area contributed by atoms with Gasteiger partial charge in [-0.15, -0.1) is 0 Å². The molecule has 0 radical (unpaired) electrons. The Labute approximate surface area is 151 Å². The molecule has 130 valence electrons. The van der Waals surface area contributed by atoms with Crippen molar-refractivity contribution in [1.82, 2.24) is 24.6 Å². The Bertz CT molecular complexity index is 877. The van der Waals surface area contributed by atoms with Crippen LogP contribution in [0.1, 0.15) is 19.8 Å². The minimum atomic E-state index is 0.568. The van der Waals surface area contributed by atoms with Gasteiger partial charge in [0.2, 0.25) is 0 Å². The van der Waals surface area contributed by atoms with E-state index in [2.05, 4.69) is 32.2 Å². The quantitative estimate of drug-likeness (QED) is 0.759. The Morgan fingerprint density at radius 2 is 2.24 bits per heavy atom. The summed E-state index contributed by atoms with van der Waals surface area (Å²) in [6.45, 7) is 5.39. The van der Waals surface area contributed by atoms with Crippen LogP contribution in [0.15, 0.2) is 36.8 Å². The van der Waals surface area contributed by atoms with Crippen molar-refractivity contribution >= 4 is 28.5 Å². The Balaban J connectivity index is 1.61. The van der Waals surface area contributed by atoms with E-state index >= 15 is 0 Å². The smallest absolute Gasteiger partial charge is 0.168 e. The molecule has 0 saturated carbocycles. The fraction of sp³-hybridized carbons (Fsp3) is 0.389. The van der Waals surface area contributed by atoms with Gasteiger partial charge in [0.1, 0.15) is 12.1 Å². The maximum Gasteiger partial charge on any atom is 0.168 e. The molecule has 0 amide bonds. The summed E-state index contributed by atoms with van der Waals surface area (Å²) in [4.78, 5) is 11.4. The topological polar surface area (TPSA) is 58.9 Å². The second kappa shape index (κ2) is 6.98. The van der Waals surface area contributed by atoms with Crippen LogP contribution in [0.5, 0.6) is 0 Å². The average molecular weight is 357 g/mol. The fourth-order valence-electron chi connectivity index (χ4n) is 3.54. The predicted molar refractivity (Wildman–Crippen MR) is 100 cm³/mol. The molecule has 1 aliphatic heterocycles. The van der Waals surface area contributed by atoms with Gasteiger partial charge in [0.15, 0.2) is 5.65 Å². The summed E-state index contributed by atoms with van der Waals surface area (Å²) >= 11 is 6.10. The van der Waals surface area contributed by atoms with E-state index in [9.17, 15) is 0 Å². The SMILES string of the molecule is CCN1CCC[C@H]1CNc1ncnc2c1cnn2-c1cccc(Cl)c1. The molecule has 0 spiro atoms. The molecule has 2 aromatic heterocycles. The fourth-order valence-corrected chi connectivity index (χ4v) is 3.72. The zero-order valence-electron chi connectivity index (χ0n) is 14.2. The molecule has 0 aliphatic carbocycles. The van der Waals surface area contributed by atoms with Gasteiger partial charge in [-0.1, -0.05) is 24.6 Å². The number of rotatable bonds is 5. The number of likely N-dealkylation sites (tertiary alicyclic amines) is 1. The number of likely N-dealkylation sites (N-methyl/N-ethyl adjacent to an activating group) is 1. The van der Waals surface area contributed by atoms with Crippen molar-refractivity contribution in [2.24, 2.45) is 0 Å². The molecule has 25 heavy (non-hydrogen) atoms. The first-order valence-electron chi connectivity index (χ1n) is 8.69. The first kappa shape index (κ1) is 16.3. The van der Waals surface area contributed by atoms with Crippen LogP contribution in [0.2, 0.25) is 5.02 Å². The lowest BCUT2D eigenvalue weighted by Gasteiger charge is -2.23. The summed E-state index contributed by atoms with van der Waals surface area (Å²) < 4.78 is 1.79. The molecule has 1 atom stereocenters. The lowest BCUT2D eigenvalue weighted by molar-refractivity contribution is 0.277. The Morgan fingerprint density at radius 3 is 3.08 bits per heavy atom. The van der Waals surface area contributed by atoms with Crippen molar-refractivity contribution in [2.45, 2.75) is 25.8 Å². The molecule has 3 aromatic rings. The maximum absolute atomic E-state index is 6.10. The van der Waals surface area contributed by atoms with Gasteiger partial charge in [-0.2, -0.15) is 5.10 Å². The number of nitrogens with zero attached hydrogens (tertiary/aromatic N) is 5. The van der Waals surface area contributed by atoms with Crippen LogP contribution in [0, 0.1) is 0 Å². The van der Waals surface area contributed by atoms with Crippen molar-refractivity contribution in [3.8, 4) is 5.69 Å². The largest absolute Gasteiger partial charge is 0.368 e. The highest BCUT2D eigenvalue weighted by Crippen LogP contribution is 2.24. The molecule has 1 fully saturated rings. The monoisotopic (exact) mass is 356 g/mol. The van der Waals surface area contributed by atoms with Crippen LogP contribution in [0.3, 0.4) is 0 Å². The van der Waals surface area contributed by atoms with Gasteiger partial charge in [0, 0.05) is 17.6 Å². The highest BCUT2D eigenvalue weighted by Gasteiger charge is 2.23. The number of hydrogen-bond donors (Lipinski definition) is 1. The summed E-state index contributed by atoms with van der Waals surface area (Å²) in [6, 6.07) is 8.16. The minimum absolute atomic E-state index is 0.568. The van der Waals surface area contributed by atoms with E-state index in [1.54, 1.807) is 11.0 Å². The zero-order valence-corrected chi connectivity index (χ0v) is 14.9. The Kier molecular flexibility index (Phi) is 4.55. The number of halogens is 1. The van der Waals surface area contributed by atoms with Crippen LogP contribution >= 0.6 is 11.6 Å². The standard InChI is InChI=1S/C18H21ClN6/c1-2-24-8-4-7-15(24)10-20-17-16-11-23-25(18(16)22-12-21-17)14-6-3-5-13(19)9-14/h3,5-6,9,11-12,15H,2,4,7-8,10H2,1H3,(H,20,21,22)/t15-/m0/s1. The molecule has 6 nitrogen and oxygen atoms in total. The van der Waals surface area contributed by atoms with Crippen LogP contribution in [0.4, 0.5) is 5.82 Å². The summed E-state index contributed by atoms with van der Waals surface area (Å²) in [5.74, 6) is 0.834. The van der Waals surface area contributed by atoms with Gasteiger partial charge >= 0.3 is 0 Å². The van der Waals surface area contributed by atoms with Gasteiger partial charge in [-0.25, -0.2) is 14.6 Å². The molecule has 3 heterocycles. The normalized spacial score (nSPS) is 18.1. The van der Waals surface area contributed by atoms with E-state index in [1.165, 1.54) is 19.4 Å². The number of nitrogens with one attached hydrogen (secondary N) is 1. The van der Waals surface area contributed by atoms with Gasteiger partial charge in [-0.3, -0.25) is 4.90 Å². The summed E-state index contributed by atoms with van der Waals surface area (Å²) in [7, 11) is 0. The molecule has 1 aromatic carbocycles. The molecule has 7 heteroatoms. The van der Waals surface area contributed by atoms with Gasteiger partial charge in [0.25, 0.3) is 0 Å². The van der Waals surface area contributed by atoms with E-state index < -0.39 is 0 Å². The Hall–Kier alpha value is -2.18. The third kappa shape index (κ3) is 3.19. The van der Waals surface area contributed by atoms with Crippen LogP contribution < -0.4 is 5.32 Å². The second-order valence-electron chi connectivity index (χ2n) is 6.30. The summed E-state index contributed by atoms with van der Waals surface area (Å²) in [5, 5.41) is 9.58. The average Bonchev–Trinajstić information content (AvgIpc) is 3.26. The predicted octanol–water partition coefficient (Wildman–Crippen LogP) is 3.37. The van der Waals surface area contributed by atoms with Crippen LogP contribution in [0.25, 0.3) is 16.7 Å². The van der Waals surface area contributed by atoms with Crippen molar-refractivity contribution < 1.29 is 0 Å². The van der Waals surface area contributed by atoms with Crippen molar-refractivity contribution in [1.29, 1.82) is 0 Å². The van der Waals surface area contributed by atoms with E-state index in [0.29, 0.717) is 11.1 Å². The van der Waals surface area contributed by atoms with E-state index in [0.717, 1.165) is 35.6 Å². The maximum atomic E-state index is 6.10. The molecule has 0 unspecified atom stereocenters. The molecule has 4 rings (SSSR count). The van der Waals surface area contributed by atoms with Crippen molar-refractivity contribution in [2.75, 3.05) is 25.0 Å². The Morgan fingerprint density at radius 1 is 1.32 bits per heavy atom. The molecule has 1 N–H and O–H groups in total. The van der Waals surface area contributed by atoms with Gasteiger partial charge in [0.05, 0.1) is 17.3 Å². The van der Waals surface area contributed by atoms with Crippen molar-refractivity contribution in [3.63, 3.8) is 0 Å². The molecular formula is C18H21ClN6. The van der Waals surface area contributed by atoms with Crippen LogP contribution in [-0.4, -0.2) is 50.3 Å². The van der Waals surface area contributed by atoms with E-state index in [4.69, 9.17) is 11.6 Å². The van der Waals surface area contributed by atoms with E-state index in [-0.39, 0.29) is 0 Å². The second-order valence-corrected chi connectivity index (χ2v) is 6.74. The number of fused-ring (bicyclic) bond motifs is 1. The number of benzene rings is 1. The lowest BCUT2D eigenvalue weighted by Crippen LogP contribution is -2.34. The number of aromatic nitrogens is 4. The first-order valence-corrected chi connectivity index (χ1v) is 9.06. The van der Waals surface area contributed by atoms with Gasteiger partial charge < -0.3 is 5.32 Å². The highest BCUT2D eigenvalue weighted by molar-refractivity contribution is 6.30. The van der Waals surface area contributed by atoms with Gasteiger partial charge in [-0.05, 0) is 44.1 Å². The first-order chi connectivity index (χ1) is 12.3. The highest BCUT2D eigenvalue weighted by atomic mass is 35.5. The zero-order chi connectivity index (χ0) is 17.2. The third-order valence-electron chi connectivity index (χ3n) is 4.83. The summed E-state index contributed by atoms with van der Waals surface area (Å²) in [6.07, 6.45) is 5.90. The van der Waals surface area contributed by atoms with Crippen molar-refractivity contribution in [3.05, 3.63) is 41.8 Å².